The van der Waals surface area contributed by atoms with Crippen molar-refractivity contribution in [3.63, 3.8) is 0 Å². The zero-order chi connectivity index (χ0) is 10.4. The van der Waals surface area contributed by atoms with Gasteiger partial charge in [0.05, 0.1) is 6.61 Å². The first-order valence-electron chi connectivity index (χ1n) is 5.35. The van der Waals surface area contributed by atoms with Crippen LogP contribution in [0, 0.1) is 0 Å². The minimum absolute atomic E-state index is 0.267. The van der Waals surface area contributed by atoms with Gasteiger partial charge in [-0.3, -0.25) is 0 Å². The molecule has 1 fully saturated rings. The number of hydrogen-bond acceptors (Lipinski definition) is 3. The van der Waals surface area contributed by atoms with Gasteiger partial charge in [-0.05, 0) is 25.8 Å². The lowest BCUT2D eigenvalue weighted by atomic mass is 10.3. The Morgan fingerprint density at radius 2 is 2.21 bits per heavy atom. The maximum Gasteiger partial charge on any atom is 0.407 e. The summed E-state index contributed by atoms with van der Waals surface area (Å²) in [4.78, 5) is 11.0. The molecule has 0 spiro atoms. The van der Waals surface area contributed by atoms with Crippen LogP contribution in [0.2, 0.25) is 0 Å². The van der Waals surface area contributed by atoms with Gasteiger partial charge in [-0.1, -0.05) is 13.8 Å². The van der Waals surface area contributed by atoms with Crippen molar-refractivity contribution < 1.29 is 9.53 Å². The van der Waals surface area contributed by atoms with E-state index in [0.717, 1.165) is 25.8 Å². The lowest BCUT2D eigenvalue weighted by Crippen LogP contribution is -2.28. The average Bonchev–Trinajstić information content (AvgIpc) is 2.87. The van der Waals surface area contributed by atoms with Gasteiger partial charge in [-0.15, -0.1) is 0 Å². The Hall–Kier alpha value is -0.770. The van der Waals surface area contributed by atoms with Gasteiger partial charge in [-0.25, -0.2) is 4.79 Å². The summed E-state index contributed by atoms with van der Waals surface area (Å²) in [5.41, 5.74) is 0. The molecule has 1 rings (SSSR count). The van der Waals surface area contributed by atoms with E-state index in [1.54, 1.807) is 0 Å². The summed E-state index contributed by atoms with van der Waals surface area (Å²) in [6.45, 7) is 5.59. The molecule has 4 nitrogen and oxygen atoms in total. The zero-order valence-electron chi connectivity index (χ0n) is 9.01. The molecule has 2 N–H and O–H groups in total. The highest BCUT2D eigenvalue weighted by Crippen LogP contribution is 2.18. The maximum absolute atomic E-state index is 11.0. The molecular formula is C10H20N2O2. The van der Waals surface area contributed by atoms with Crippen LogP contribution in [0.5, 0.6) is 0 Å². The fourth-order valence-electron chi connectivity index (χ4n) is 1.06. The Labute approximate surface area is 85.4 Å². The highest BCUT2D eigenvalue weighted by molar-refractivity contribution is 5.67. The summed E-state index contributed by atoms with van der Waals surface area (Å²) in [5.74, 6) is 0. The Bertz CT molecular complexity index is 179. The molecule has 1 saturated carbocycles. The number of carbonyl (C=O) groups is 1. The van der Waals surface area contributed by atoms with Crippen molar-refractivity contribution >= 4 is 6.09 Å². The van der Waals surface area contributed by atoms with Crippen LogP contribution in [0.15, 0.2) is 0 Å². The first-order chi connectivity index (χ1) is 6.68. The molecule has 14 heavy (non-hydrogen) atoms. The zero-order valence-corrected chi connectivity index (χ0v) is 9.01. The van der Waals surface area contributed by atoms with Gasteiger partial charge in [0, 0.05) is 12.1 Å². The van der Waals surface area contributed by atoms with Crippen LogP contribution in [-0.4, -0.2) is 31.3 Å². The van der Waals surface area contributed by atoms with Crippen LogP contribution in [0.1, 0.15) is 33.1 Å². The van der Waals surface area contributed by atoms with Crippen LogP contribution < -0.4 is 10.6 Å². The topological polar surface area (TPSA) is 50.4 Å². The quantitative estimate of drug-likeness (QED) is 0.635. The van der Waals surface area contributed by atoms with E-state index < -0.39 is 0 Å². The summed E-state index contributed by atoms with van der Waals surface area (Å²) in [7, 11) is 0. The smallest absolute Gasteiger partial charge is 0.407 e. The van der Waals surface area contributed by atoms with Crippen LogP contribution in [0.3, 0.4) is 0 Å². The van der Waals surface area contributed by atoms with E-state index in [1.807, 2.05) is 0 Å². The van der Waals surface area contributed by atoms with Crippen molar-refractivity contribution in [1.29, 1.82) is 0 Å². The molecule has 1 aliphatic rings. The average molecular weight is 200 g/mol. The van der Waals surface area contributed by atoms with Crippen LogP contribution >= 0.6 is 0 Å². The van der Waals surface area contributed by atoms with E-state index in [2.05, 4.69) is 24.5 Å². The molecule has 0 bridgehead atoms. The van der Waals surface area contributed by atoms with Crippen molar-refractivity contribution in [2.24, 2.45) is 0 Å². The molecule has 0 heterocycles. The van der Waals surface area contributed by atoms with Gasteiger partial charge < -0.3 is 15.4 Å². The predicted molar refractivity (Wildman–Crippen MR) is 55.3 cm³/mol. The second-order valence-electron chi connectivity index (χ2n) is 4.02. The maximum atomic E-state index is 11.0. The standard InChI is InChI=1S/C10H20N2O2/c1-8(2)11-6-3-7-14-10(13)12-9-4-5-9/h8-9,11H,3-7H2,1-2H3,(H,12,13). The first-order valence-corrected chi connectivity index (χ1v) is 5.35. The molecule has 82 valence electrons. The molecule has 0 radical (unpaired) electrons. The third-order valence-corrected chi connectivity index (χ3v) is 2.01. The van der Waals surface area contributed by atoms with Crippen LogP contribution in [-0.2, 0) is 4.74 Å². The number of nitrogens with one attached hydrogen (secondary N) is 2. The van der Waals surface area contributed by atoms with Crippen LogP contribution in [0.25, 0.3) is 0 Å². The fourth-order valence-corrected chi connectivity index (χ4v) is 1.06. The molecule has 0 aromatic heterocycles. The van der Waals surface area contributed by atoms with E-state index in [4.69, 9.17) is 4.74 Å². The molecule has 1 aliphatic carbocycles. The van der Waals surface area contributed by atoms with Gasteiger partial charge in [0.25, 0.3) is 0 Å². The van der Waals surface area contributed by atoms with E-state index in [-0.39, 0.29) is 6.09 Å². The minimum atomic E-state index is -0.267. The predicted octanol–water partition coefficient (Wildman–Crippen LogP) is 1.26. The summed E-state index contributed by atoms with van der Waals surface area (Å²) in [5, 5.41) is 6.03. The lowest BCUT2D eigenvalue weighted by Gasteiger charge is -2.08. The summed E-state index contributed by atoms with van der Waals surface area (Å²) < 4.78 is 4.98. The molecule has 0 aliphatic heterocycles. The molecule has 4 heteroatoms. The van der Waals surface area contributed by atoms with Crippen molar-refractivity contribution in [2.45, 2.75) is 45.2 Å². The number of ether oxygens (including phenoxy) is 1. The largest absolute Gasteiger partial charge is 0.450 e. The van der Waals surface area contributed by atoms with Crippen molar-refractivity contribution in [1.82, 2.24) is 10.6 Å². The van der Waals surface area contributed by atoms with E-state index in [1.165, 1.54) is 0 Å². The fraction of sp³-hybridized carbons (Fsp3) is 0.900. The van der Waals surface area contributed by atoms with Gasteiger partial charge in [-0.2, -0.15) is 0 Å². The molecule has 0 saturated heterocycles. The second-order valence-corrected chi connectivity index (χ2v) is 4.02. The summed E-state index contributed by atoms with van der Waals surface area (Å²) in [6, 6.07) is 0.881. The third kappa shape index (κ3) is 5.80. The first kappa shape index (κ1) is 11.3. The Kier molecular flexibility index (Phi) is 4.73. The monoisotopic (exact) mass is 200 g/mol. The van der Waals surface area contributed by atoms with Crippen molar-refractivity contribution in [3.8, 4) is 0 Å². The normalized spacial score (nSPS) is 15.6. The minimum Gasteiger partial charge on any atom is -0.450 e. The van der Waals surface area contributed by atoms with Gasteiger partial charge >= 0.3 is 6.09 Å². The molecule has 0 atom stereocenters. The van der Waals surface area contributed by atoms with Gasteiger partial charge in [0.15, 0.2) is 0 Å². The highest BCUT2D eigenvalue weighted by Gasteiger charge is 2.23. The van der Waals surface area contributed by atoms with Gasteiger partial charge in [0.1, 0.15) is 0 Å². The molecule has 1 amide bonds. The van der Waals surface area contributed by atoms with Crippen molar-refractivity contribution in [3.05, 3.63) is 0 Å². The summed E-state index contributed by atoms with van der Waals surface area (Å²) >= 11 is 0. The molecule has 0 unspecified atom stereocenters. The molecule has 0 aromatic carbocycles. The van der Waals surface area contributed by atoms with E-state index in [9.17, 15) is 4.79 Å². The SMILES string of the molecule is CC(C)NCCCOC(=O)NC1CC1. The van der Waals surface area contributed by atoms with Crippen molar-refractivity contribution in [2.75, 3.05) is 13.2 Å². The van der Waals surface area contributed by atoms with Gasteiger partial charge in [0.2, 0.25) is 0 Å². The Morgan fingerprint density at radius 1 is 1.50 bits per heavy atom. The molecule has 0 aromatic rings. The van der Waals surface area contributed by atoms with Crippen LogP contribution in [0.4, 0.5) is 4.79 Å². The Balaban J connectivity index is 1.84. The summed E-state index contributed by atoms with van der Waals surface area (Å²) in [6.07, 6.45) is 2.81. The highest BCUT2D eigenvalue weighted by atomic mass is 16.5. The number of carbonyl (C=O) groups excluding carboxylic acids is 1. The van der Waals surface area contributed by atoms with E-state index in [0.29, 0.717) is 18.7 Å². The second kappa shape index (κ2) is 5.86. The number of amides is 1. The van der Waals surface area contributed by atoms with E-state index >= 15 is 0 Å². The number of hydrogen-bond donors (Lipinski definition) is 2. The Morgan fingerprint density at radius 3 is 2.79 bits per heavy atom. The molecular weight excluding hydrogens is 180 g/mol. The number of alkyl carbamates (subject to hydrolysis) is 1. The number of rotatable bonds is 6. The lowest BCUT2D eigenvalue weighted by molar-refractivity contribution is 0.144. The third-order valence-electron chi connectivity index (χ3n) is 2.01.